The van der Waals surface area contributed by atoms with Gasteiger partial charge in [-0.3, -0.25) is 9.69 Å². The van der Waals surface area contributed by atoms with Crippen molar-refractivity contribution in [1.29, 1.82) is 0 Å². The van der Waals surface area contributed by atoms with Crippen LogP contribution in [0.4, 0.5) is 10.8 Å². The van der Waals surface area contributed by atoms with Crippen molar-refractivity contribution in [2.45, 2.75) is 13.0 Å². The first-order valence-electron chi connectivity index (χ1n) is 8.20. The van der Waals surface area contributed by atoms with Crippen LogP contribution in [0.5, 0.6) is 5.75 Å². The molecule has 0 unspecified atom stereocenters. The first kappa shape index (κ1) is 20.1. The molecule has 0 saturated carbocycles. The van der Waals surface area contributed by atoms with E-state index in [0.717, 1.165) is 21.9 Å². The minimum absolute atomic E-state index is 0.0306. The second-order valence-corrected chi connectivity index (χ2v) is 9.15. The number of para-hydroxylation sites is 2. The lowest BCUT2D eigenvalue weighted by Crippen LogP contribution is -2.47. The molecule has 9 nitrogen and oxygen atoms in total. The van der Waals surface area contributed by atoms with Gasteiger partial charge in [-0.15, -0.1) is 0 Å². The van der Waals surface area contributed by atoms with Crippen LogP contribution in [0.3, 0.4) is 0 Å². The number of rotatable bonds is 4. The van der Waals surface area contributed by atoms with Crippen molar-refractivity contribution in [3.8, 4) is 5.75 Å². The van der Waals surface area contributed by atoms with Gasteiger partial charge in [-0.1, -0.05) is 23.5 Å². The van der Waals surface area contributed by atoms with Gasteiger partial charge in [-0.25, -0.2) is 22.5 Å². The van der Waals surface area contributed by atoms with Gasteiger partial charge >= 0.3 is 5.97 Å². The molecule has 1 aliphatic rings. The Labute approximate surface area is 166 Å². The number of sulfonamides is 1. The topological polar surface area (TPSA) is 106 Å². The number of aryl methyl sites for hydroxylation is 1. The van der Waals surface area contributed by atoms with Crippen molar-refractivity contribution in [3.63, 3.8) is 0 Å². The van der Waals surface area contributed by atoms with Gasteiger partial charge in [-0.2, -0.15) is 0 Å². The number of thiazole rings is 1. The van der Waals surface area contributed by atoms with Gasteiger partial charge in [0.05, 0.1) is 31.3 Å². The van der Waals surface area contributed by atoms with Crippen LogP contribution in [0.25, 0.3) is 0 Å². The second-order valence-electron chi connectivity index (χ2n) is 6.15. The van der Waals surface area contributed by atoms with E-state index < -0.39 is 28.0 Å². The lowest BCUT2D eigenvalue weighted by Gasteiger charge is -2.33. The number of hydrogen-bond acceptors (Lipinski definition) is 8. The largest absolute Gasteiger partial charge is 0.475 e. The average Bonchev–Trinajstić information content (AvgIpc) is 3.05. The molecular weight excluding hydrogens is 406 g/mol. The normalized spacial score (nSPS) is 16.1. The van der Waals surface area contributed by atoms with Crippen LogP contribution in [0.1, 0.15) is 15.4 Å². The lowest BCUT2D eigenvalue weighted by molar-refractivity contribution is -0.148. The maximum absolute atomic E-state index is 13.2. The first-order valence-corrected chi connectivity index (χ1v) is 10.9. The van der Waals surface area contributed by atoms with Crippen molar-refractivity contribution in [2.75, 3.05) is 36.2 Å². The molecule has 0 bridgehead atoms. The number of carbonyl (C=O) groups is 2. The molecule has 1 aliphatic heterocycles. The van der Waals surface area contributed by atoms with E-state index in [-0.39, 0.29) is 16.6 Å². The number of fused-ring (bicyclic) bond motifs is 1. The Bertz CT molecular complexity index is 1030. The van der Waals surface area contributed by atoms with Gasteiger partial charge in [0.2, 0.25) is 16.1 Å². The van der Waals surface area contributed by atoms with Gasteiger partial charge in [0.1, 0.15) is 10.6 Å². The number of esters is 1. The minimum Gasteiger partial charge on any atom is -0.475 e. The van der Waals surface area contributed by atoms with Gasteiger partial charge in [0, 0.05) is 7.05 Å². The monoisotopic (exact) mass is 425 g/mol. The van der Waals surface area contributed by atoms with Crippen molar-refractivity contribution in [3.05, 3.63) is 34.8 Å². The smallest absolute Gasteiger partial charge is 0.348 e. The Balaban J connectivity index is 2.00. The number of ether oxygens (including phenoxy) is 2. The summed E-state index contributed by atoms with van der Waals surface area (Å²) in [6, 6.07) is 6.86. The third-order valence-electron chi connectivity index (χ3n) is 4.23. The van der Waals surface area contributed by atoms with Crippen LogP contribution in [0.2, 0.25) is 0 Å². The Morgan fingerprint density at radius 2 is 2.04 bits per heavy atom. The van der Waals surface area contributed by atoms with E-state index in [9.17, 15) is 18.0 Å². The SMILES string of the molecule is COC(=O)[C@H]1CN(C(=O)c2sc(N(C)S(C)(=O)=O)nc2C)c2ccccc2O1. The Morgan fingerprint density at radius 3 is 2.68 bits per heavy atom. The Morgan fingerprint density at radius 1 is 1.36 bits per heavy atom. The van der Waals surface area contributed by atoms with E-state index in [1.807, 2.05) is 0 Å². The summed E-state index contributed by atoms with van der Waals surface area (Å²) in [4.78, 5) is 31.1. The molecule has 1 aromatic carbocycles. The standard InChI is InChI=1S/C17H19N3O6S2/c1-10-14(27-17(18-10)19(2)28(4,23)24)15(21)20-9-13(16(22)25-3)26-12-8-6-5-7-11(12)20/h5-8,13H,9H2,1-4H3/t13-/m1/s1. The van der Waals surface area contributed by atoms with E-state index in [4.69, 9.17) is 9.47 Å². The molecule has 1 amide bonds. The molecule has 11 heteroatoms. The summed E-state index contributed by atoms with van der Waals surface area (Å²) < 4.78 is 35.0. The molecule has 2 aromatic rings. The van der Waals surface area contributed by atoms with Crippen molar-refractivity contribution in [2.24, 2.45) is 0 Å². The summed E-state index contributed by atoms with van der Waals surface area (Å²) in [6.07, 6.45) is 0.0972. The number of amides is 1. The summed E-state index contributed by atoms with van der Waals surface area (Å²) in [6.45, 7) is 1.60. The zero-order valence-electron chi connectivity index (χ0n) is 15.7. The number of anilines is 2. The van der Waals surface area contributed by atoms with Gasteiger partial charge < -0.3 is 9.47 Å². The fraction of sp³-hybridized carbons (Fsp3) is 0.353. The summed E-state index contributed by atoms with van der Waals surface area (Å²) >= 11 is 0.974. The Hall–Kier alpha value is -2.66. The van der Waals surface area contributed by atoms with Crippen molar-refractivity contribution in [1.82, 2.24) is 4.98 Å². The lowest BCUT2D eigenvalue weighted by atomic mass is 10.1. The van der Waals surface area contributed by atoms with Gasteiger partial charge in [0.25, 0.3) is 5.91 Å². The van der Waals surface area contributed by atoms with Crippen LogP contribution in [-0.4, -0.2) is 58.3 Å². The molecule has 1 atom stereocenters. The van der Waals surface area contributed by atoms with Gasteiger partial charge in [-0.05, 0) is 19.1 Å². The van der Waals surface area contributed by atoms with Crippen LogP contribution < -0.4 is 13.9 Å². The van der Waals surface area contributed by atoms with E-state index in [1.54, 1.807) is 31.2 Å². The zero-order chi connectivity index (χ0) is 20.6. The predicted octanol–water partition coefficient (Wildman–Crippen LogP) is 1.43. The molecule has 0 radical (unpaired) electrons. The highest BCUT2D eigenvalue weighted by Crippen LogP contribution is 2.36. The van der Waals surface area contributed by atoms with Crippen molar-refractivity contribution < 1.29 is 27.5 Å². The van der Waals surface area contributed by atoms with E-state index >= 15 is 0 Å². The molecule has 0 saturated heterocycles. The van der Waals surface area contributed by atoms with E-state index in [1.165, 1.54) is 19.1 Å². The first-order chi connectivity index (χ1) is 13.1. The number of aromatic nitrogens is 1. The highest BCUT2D eigenvalue weighted by molar-refractivity contribution is 7.92. The fourth-order valence-electron chi connectivity index (χ4n) is 2.66. The summed E-state index contributed by atoms with van der Waals surface area (Å²) in [5.74, 6) is -0.605. The molecule has 0 aliphatic carbocycles. The van der Waals surface area contributed by atoms with Crippen molar-refractivity contribution >= 4 is 44.1 Å². The minimum atomic E-state index is -3.51. The molecular formula is C17H19N3O6S2. The highest BCUT2D eigenvalue weighted by atomic mass is 32.2. The summed E-state index contributed by atoms with van der Waals surface area (Å²) in [5.41, 5.74) is 0.914. The fourth-order valence-corrected chi connectivity index (χ4v) is 4.39. The molecule has 1 aromatic heterocycles. The molecule has 0 N–H and O–H groups in total. The molecule has 0 spiro atoms. The zero-order valence-corrected chi connectivity index (χ0v) is 17.3. The quantitative estimate of drug-likeness (QED) is 0.682. The third-order valence-corrected chi connectivity index (χ3v) is 6.73. The molecule has 28 heavy (non-hydrogen) atoms. The molecule has 3 rings (SSSR count). The molecule has 2 heterocycles. The highest BCUT2D eigenvalue weighted by Gasteiger charge is 2.36. The Kier molecular flexibility index (Phi) is 5.31. The number of methoxy groups -OCH3 is 1. The average molecular weight is 425 g/mol. The van der Waals surface area contributed by atoms with Crippen LogP contribution in [0, 0.1) is 6.92 Å². The molecule has 150 valence electrons. The van der Waals surface area contributed by atoms with E-state index in [2.05, 4.69) is 4.98 Å². The number of nitrogens with zero attached hydrogens (tertiary/aromatic N) is 3. The number of hydrogen-bond donors (Lipinski definition) is 0. The maximum atomic E-state index is 13.2. The van der Waals surface area contributed by atoms with E-state index in [0.29, 0.717) is 17.1 Å². The number of carbonyl (C=O) groups excluding carboxylic acids is 2. The number of benzene rings is 1. The molecule has 0 fully saturated rings. The van der Waals surface area contributed by atoms with Gasteiger partial charge in [0.15, 0.2) is 5.13 Å². The summed E-state index contributed by atoms with van der Waals surface area (Å²) in [7, 11) is -0.884. The maximum Gasteiger partial charge on any atom is 0.348 e. The van der Waals surface area contributed by atoms with Crippen LogP contribution in [0.15, 0.2) is 24.3 Å². The second kappa shape index (κ2) is 7.40. The summed E-state index contributed by atoms with van der Waals surface area (Å²) in [5, 5.41) is 0.189. The third kappa shape index (κ3) is 3.67. The predicted molar refractivity (Wildman–Crippen MR) is 105 cm³/mol. The van der Waals surface area contributed by atoms with Crippen LogP contribution in [-0.2, 0) is 19.6 Å². The van der Waals surface area contributed by atoms with Crippen LogP contribution >= 0.6 is 11.3 Å².